The lowest BCUT2D eigenvalue weighted by molar-refractivity contribution is -0.161. The molecule has 0 saturated heterocycles. The molecule has 0 aliphatic heterocycles. The van der Waals surface area contributed by atoms with Crippen LogP contribution in [0.4, 0.5) is 0 Å². The summed E-state index contributed by atoms with van der Waals surface area (Å²) in [6.07, 6.45) is 23.0. The molecule has 0 fully saturated rings. The smallest absolute Gasteiger partial charge is 0.306 e. The Balaban J connectivity index is 3.56. The van der Waals surface area contributed by atoms with E-state index in [2.05, 4.69) is 20.8 Å². The normalized spacial score (nSPS) is 12.9. The van der Waals surface area contributed by atoms with Crippen LogP contribution in [0, 0.1) is 5.92 Å². The molecule has 0 aromatic carbocycles. The van der Waals surface area contributed by atoms with Crippen LogP contribution in [0.15, 0.2) is 0 Å². The average Bonchev–Trinajstić information content (AvgIpc) is 2.86. The molecule has 5 heteroatoms. The van der Waals surface area contributed by atoms with Gasteiger partial charge in [-0.2, -0.15) is 0 Å². The van der Waals surface area contributed by atoms with E-state index in [-0.39, 0.29) is 25.2 Å². The second kappa shape index (κ2) is 26.0. The molecule has 0 saturated carbocycles. The first-order valence-corrected chi connectivity index (χ1v) is 15.0. The molecule has 1 N–H and O–H groups in total. The molecule has 0 radical (unpaired) electrons. The Labute approximate surface area is 217 Å². The van der Waals surface area contributed by atoms with Crippen molar-refractivity contribution in [1.29, 1.82) is 0 Å². The van der Waals surface area contributed by atoms with E-state index in [0.717, 1.165) is 44.4 Å². The lowest BCUT2D eigenvalue weighted by Crippen LogP contribution is -2.28. The highest BCUT2D eigenvalue weighted by Gasteiger charge is 2.16. The summed E-state index contributed by atoms with van der Waals surface area (Å²) in [7, 11) is 0. The van der Waals surface area contributed by atoms with E-state index >= 15 is 0 Å². The molecule has 35 heavy (non-hydrogen) atoms. The second-order valence-corrected chi connectivity index (χ2v) is 10.4. The van der Waals surface area contributed by atoms with Gasteiger partial charge in [-0.3, -0.25) is 9.59 Å². The Bertz CT molecular complexity index is 479. The predicted octanol–water partition coefficient (Wildman–Crippen LogP) is 8.30. The van der Waals surface area contributed by atoms with Crippen LogP contribution in [0.25, 0.3) is 0 Å². The van der Waals surface area contributed by atoms with Gasteiger partial charge in [-0.25, -0.2) is 0 Å². The zero-order valence-electron chi connectivity index (χ0n) is 23.5. The third-order valence-corrected chi connectivity index (χ3v) is 6.94. The molecule has 0 aliphatic rings. The van der Waals surface area contributed by atoms with Crippen LogP contribution < -0.4 is 0 Å². The minimum Gasteiger partial charge on any atom is -0.462 e. The zero-order valence-corrected chi connectivity index (χ0v) is 23.5. The van der Waals surface area contributed by atoms with Gasteiger partial charge in [0.2, 0.25) is 0 Å². The highest BCUT2D eigenvalue weighted by atomic mass is 16.6. The largest absolute Gasteiger partial charge is 0.462 e. The highest BCUT2D eigenvalue weighted by Crippen LogP contribution is 2.15. The number of rotatable bonds is 26. The standard InChI is InChI=1S/C30H58O5/c1-4-6-7-8-13-18-21-24-30(33)35-28(25-31)26-34-29(32)23-20-17-15-12-10-9-11-14-16-19-22-27(3)5-2/h27-28,31H,4-26H2,1-3H3/t27?,28-/m0/s1. The van der Waals surface area contributed by atoms with Crippen LogP contribution in [0.3, 0.4) is 0 Å². The molecule has 2 atom stereocenters. The topological polar surface area (TPSA) is 72.8 Å². The van der Waals surface area contributed by atoms with Crippen LogP contribution in [0.1, 0.15) is 156 Å². The first-order chi connectivity index (χ1) is 17.0. The summed E-state index contributed by atoms with van der Waals surface area (Å²) in [4.78, 5) is 23.9. The van der Waals surface area contributed by atoms with Gasteiger partial charge in [-0.05, 0) is 18.8 Å². The fourth-order valence-electron chi connectivity index (χ4n) is 4.23. The van der Waals surface area contributed by atoms with Gasteiger partial charge in [-0.1, -0.05) is 130 Å². The van der Waals surface area contributed by atoms with E-state index < -0.39 is 6.10 Å². The summed E-state index contributed by atoms with van der Waals surface area (Å²) >= 11 is 0. The summed E-state index contributed by atoms with van der Waals surface area (Å²) in [5.41, 5.74) is 0. The van der Waals surface area contributed by atoms with Crippen molar-refractivity contribution in [1.82, 2.24) is 0 Å². The molecule has 208 valence electrons. The van der Waals surface area contributed by atoms with Crippen molar-refractivity contribution < 1.29 is 24.2 Å². The zero-order chi connectivity index (χ0) is 26.0. The summed E-state index contributed by atoms with van der Waals surface area (Å²) in [6, 6.07) is 0. The first kappa shape index (κ1) is 33.9. The lowest BCUT2D eigenvalue weighted by Gasteiger charge is -2.15. The molecule has 5 nitrogen and oxygen atoms in total. The van der Waals surface area contributed by atoms with Crippen LogP contribution in [0.5, 0.6) is 0 Å². The fraction of sp³-hybridized carbons (Fsp3) is 0.933. The molecule has 0 aliphatic carbocycles. The minimum absolute atomic E-state index is 0.0601. The monoisotopic (exact) mass is 498 g/mol. The van der Waals surface area contributed by atoms with Gasteiger partial charge in [0.15, 0.2) is 6.10 Å². The third-order valence-electron chi connectivity index (χ3n) is 6.94. The fourth-order valence-corrected chi connectivity index (χ4v) is 4.23. The lowest BCUT2D eigenvalue weighted by atomic mass is 9.99. The maximum Gasteiger partial charge on any atom is 0.306 e. The van der Waals surface area contributed by atoms with Crippen molar-refractivity contribution in [3.63, 3.8) is 0 Å². The van der Waals surface area contributed by atoms with Gasteiger partial charge in [0.1, 0.15) is 6.61 Å². The number of aliphatic hydroxyl groups is 1. The Morgan fingerprint density at radius 2 is 1.11 bits per heavy atom. The Hall–Kier alpha value is -1.10. The maximum absolute atomic E-state index is 11.9. The van der Waals surface area contributed by atoms with Crippen LogP contribution >= 0.6 is 0 Å². The van der Waals surface area contributed by atoms with E-state index in [1.54, 1.807) is 0 Å². The summed E-state index contributed by atoms with van der Waals surface area (Å²) < 4.78 is 10.5. The van der Waals surface area contributed by atoms with Gasteiger partial charge in [0, 0.05) is 12.8 Å². The van der Waals surface area contributed by atoms with Gasteiger partial charge in [0.05, 0.1) is 6.61 Å². The van der Waals surface area contributed by atoms with Crippen LogP contribution in [0.2, 0.25) is 0 Å². The van der Waals surface area contributed by atoms with Crippen molar-refractivity contribution in [2.75, 3.05) is 13.2 Å². The minimum atomic E-state index is -0.758. The predicted molar refractivity (Wildman–Crippen MR) is 145 cm³/mol. The van der Waals surface area contributed by atoms with Gasteiger partial charge < -0.3 is 14.6 Å². The number of hydrogen-bond acceptors (Lipinski definition) is 5. The van der Waals surface area contributed by atoms with Crippen molar-refractivity contribution in [3.8, 4) is 0 Å². The number of carbonyl (C=O) groups excluding carboxylic acids is 2. The summed E-state index contributed by atoms with van der Waals surface area (Å²) in [5.74, 6) is 0.286. The maximum atomic E-state index is 11.9. The molecule has 0 amide bonds. The first-order valence-electron chi connectivity index (χ1n) is 15.0. The van der Waals surface area contributed by atoms with Gasteiger partial charge in [0.25, 0.3) is 0 Å². The number of aliphatic hydroxyl groups excluding tert-OH is 1. The van der Waals surface area contributed by atoms with Crippen LogP contribution in [-0.4, -0.2) is 36.4 Å². The van der Waals surface area contributed by atoms with Crippen molar-refractivity contribution in [3.05, 3.63) is 0 Å². The molecule has 0 rings (SSSR count). The quantitative estimate of drug-likeness (QED) is 0.0959. The van der Waals surface area contributed by atoms with Gasteiger partial charge in [-0.15, -0.1) is 0 Å². The number of carbonyl (C=O) groups is 2. The molecular formula is C30H58O5. The van der Waals surface area contributed by atoms with E-state index in [9.17, 15) is 14.7 Å². The SMILES string of the molecule is CCCCCCCCCC(=O)O[C@@H](CO)COC(=O)CCCCCCCCCCCCC(C)CC. The van der Waals surface area contributed by atoms with Gasteiger partial charge >= 0.3 is 11.9 Å². The second-order valence-electron chi connectivity index (χ2n) is 10.4. The molecular weight excluding hydrogens is 440 g/mol. The Kier molecular flexibility index (Phi) is 25.2. The van der Waals surface area contributed by atoms with Crippen LogP contribution in [-0.2, 0) is 19.1 Å². The highest BCUT2D eigenvalue weighted by molar-refractivity contribution is 5.70. The average molecular weight is 499 g/mol. The number of hydrogen-bond donors (Lipinski definition) is 1. The Morgan fingerprint density at radius 3 is 1.60 bits per heavy atom. The molecule has 0 bridgehead atoms. The van der Waals surface area contributed by atoms with Crippen molar-refractivity contribution in [2.24, 2.45) is 5.92 Å². The van der Waals surface area contributed by atoms with E-state index in [1.807, 2.05) is 0 Å². The molecule has 0 heterocycles. The van der Waals surface area contributed by atoms with E-state index in [1.165, 1.54) is 83.5 Å². The Morgan fingerprint density at radius 1 is 0.657 bits per heavy atom. The summed E-state index contributed by atoms with van der Waals surface area (Å²) in [6.45, 7) is 6.44. The van der Waals surface area contributed by atoms with E-state index in [0.29, 0.717) is 12.8 Å². The molecule has 0 spiro atoms. The third kappa shape index (κ3) is 24.4. The molecule has 0 aromatic heterocycles. The summed E-state index contributed by atoms with van der Waals surface area (Å²) in [5, 5.41) is 9.42. The van der Waals surface area contributed by atoms with Crippen molar-refractivity contribution in [2.45, 2.75) is 162 Å². The van der Waals surface area contributed by atoms with Crippen molar-refractivity contribution >= 4 is 11.9 Å². The van der Waals surface area contributed by atoms with E-state index in [4.69, 9.17) is 9.47 Å². The number of ether oxygens (including phenoxy) is 2. The number of unbranched alkanes of at least 4 members (excludes halogenated alkanes) is 15. The molecule has 1 unspecified atom stereocenters. The molecule has 0 aromatic rings. The number of esters is 2.